The second-order valence-corrected chi connectivity index (χ2v) is 6.73. The number of carbonyl (C=O) groups is 1. The Morgan fingerprint density at radius 3 is 2.54 bits per heavy atom. The van der Waals surface area contributed by atoms with Crippen molar-refractivity contribution in [3.63, 3.8) is 0 Å². The van der Waals surface area contributed by atoms with Gasteiger partial charge in [-0.25, -0.2) is 4.68 Å². The lowest BCUT2D eigenvalue weighted by molar-refractivity contribution is -0.111. The van der Waals surface area contributed by atoms with Gasteiger partial charge >= 0.3 is 0 Å². The van der Waals surface area contributed by atoms with Crippen LogP contribution in [0.5, 0.6) is 0 Å². The number of benzene rings is 2. The van der Waals surface area contributed by atoms with Crippen LogP contribution in [0.3, 0.4) is 0 Å². The third-order valence-electron chi connectivity index (χ3n) is 4.08. The molecule has 0 atom stereocenters. The third kappa shape index (κ3) is 3.70. The predicted octanol–water partition coefficient (Wildman–Crippen LogP) is 3.90. The van der Waals surface area contributed by atoms with Crippen LogP contribution < -0.4 is 10.9 Å². The van der Waals surface area contributed by atoms with Crippen molar-refractivity contribution >= 4 is 33.6 Å². The van der Waals surface area contributed by atoms with Gasteiger partial charge in [-0.05, 0) is 42.8 Å². The summed E-state index contributed by atoms with van der Waals surface area (Å²) in [4.78, 5) is 25.0. The molecule has 26 heavy (non-hydrogen) atoms. The van der Waals surface area contributed by atoms with Gasteiger partial charge in [-0.2, -0.15) is 0 Å². The van der Waals surface area contributed by atoms with E-state index in [1.165, 1.54) is 10.8 Å². The standard InChI is InChI=1S/C20H18BrN3O2/c1-14-19(20(26)24(23(14)2)17-9-4-3-5-10-17)22-18(25)12-11-15-7-6-8-16(21)13-15/h3-13H,1-2H3,(H,22,25)/b12-11+. The third-order valence-corrected chi connectivity index (χ3v) is 4.57. The maximum atomic E-state index is 12.8. The predicted molar refractivity (Wildman–Crippen MR) is 108 cm³/mol. The highest BCUT2D eigenvalue weighted by Crippen LogP contribution is 2.15. The minimum atomic E-state index is -0.351. The molecule has 0 bridgehead atoms. The van der Waals surface area contributed by atoms with E-state index in [2.05, 4.69) is 21.2 Å². The Bertz CT molecular complexity index is 1030. The molecule has 0 radical (unpaired) electrons. The minimum Gasteiger partial charge on any atom is -0.316 e. The van der Waals surface area contributed by atoms with Crippen molar-refractivity contribution in [1.82, 2.24) is 9.36 Å². The van der Waals surface area contributed by atoms with Gasteiger partial charge in [0.05, 0.1) is 11.4 Å². The molecule has 0 spiro atoms. The van der Waals surface area contributed by atoms with Crippen molar-refractivity contribution in [1.29, 1.82) is 0 Å². The number of hydrogen-bond acceptors (Lipinski definition) is 2. The van der Waals surface area contributed by atoms with Crippen LogP contribution in [0.1, 0.15) is 11.3 Å². The van der Waals surface area contributed by atoms with Crippen LogP contribution in [0.15, 0.2) is 69.9 Å². The van der Waals surface area contributed by atoms with Gasteiger partial charge in [-0.1, -0.05) is 46.3 Å². The molecule has 1 aromatic heterocycles. The fourth-order valence-corrected chi connectivity index (χ4v) is 3.08. The van der Waals surface area contributed by atoms with Crippen molar-refractivity contribution in [2.24, 2.45) is 7.05 Å². The van der Waals surface area contributed by atoms with Crippen LogP contribution in [0.25, 0.3) is 11.8 Å². The topological polar surface area (TPSA) is 56.0 Å². The van der Waals surface area contributed by atoms with Gasteiger partial charge in [-0.15, -0.1) is 0 Å². The summed E-state index contributed by atoms with van der Waals surface area (Å²) >= 11 is 3.39. The Balaban J connectivity index is 1.86. The molecule has 0 saturated heterocycles. The molecule has 1 amide bonds. The smallest absolute Gasteiger partial charge is 0.295 e. The number of carbonyl (C=O) groups excluding carboxylic acids is 1. The molecule has 1 heterocycles. The lowest BCUT2D eigenvalue weighted by Crippen LogP contribution is -2.22. The summed E-state index contributed by atoms with van der Waals surface area (Å²) in [6.45, 7) is 1.80. The molecule has 0 fully saturated rings. The number of aromatic nitrogens is 2. The van der Waals surface area contributed by atoms with Crippen LogP contribution in [0.2, 0.25) is 0 Å². The summed E-state index contributed by atoms with van der Waals surface area (Å²) < 4.78 is 4.19. The largest absolute Gasteiger partial charge is 0.316 e. The molecule has 132 valence electrons. The van der Waals surface area contributed by atoms with Crippen molar-refractivity contribution in [3.8, 4) is 5.69 Å². The van der Waals surface area contributed by atoms with E-state index in [1.54, 1.807) is 24.7 Å². The van der Waals surface area contributed by atoms with Crippen molar-refractivity contribution in [2.75, 3.05) is 5.32 Å². The zero-order chi connectivity index (χ0) is 18.7. The van der Waals surface area contributed by atoms with Crippen LogP contribution in [0.4, 0.5) is 5.69 Å². The van der Waals surface area contributed by atoms with Crippen molar-refractivity contribution in [2.45, 2.75) is 6.92 Å². The number of anilines is 1. The Morgan fingerprint density at radius 1 is 1.12 bits per heavy atom. The molecule has 1 N–H and O–H groups in total. The van der Waals surface area contributed by atoms with E-state index in [9.17, 15) is 9.59 Å². The Kier molecular flexibility index (Phi) is 5.23. The average Bonchev–Trinajstić information content (AvgIpc) is 2.84. The molecular weight excluding hydrogens is 394 g/mol. The zero-order valence-electron chi connectivity index (χ0n) is 14.4. The molecule has 5 nitrogen and oxygen atoms in total. The lowest BCUT2D eigenvalue weighted by atomic mass is 10.2. The van der Waals surface area contributed by atoms with E-state index in [0.29, 0.717) is 5.69 Å². The molecule has 2 aromatic carbocycles. The first kappa shape index (κ1) is 17.9. The Morgan fingerprint density at radius 2 is 1.85 bits per heavy atom. The van der Waals surface area contributed by atoms with E-state index in [1.807, 2.05) is 54.6 Å². The summed E-state index contributed by atoms with van der Waals surface area (Å²) in [6, 6.07) is 16.9. The molecule has 6 heteroatoms. The monoisotopic (exact) mass is 411 g/mol. The number of hydrogen-bond donors (Lipinski definition) is 1. The summed E-state index contributed by atoms with van der Waals surface area (Å²) in [5.74, 6) is -0.351. The molecule has 0 aliphatic heterocycles. The van der Waals surface area contributed by atoms with E-state index in [4.69, 9.17) is 0 Å². The molecule has 3 aromatic rings. The quantitative estimate of drug-likeness (QED) is 0.661. The maximum Gasteiger partial charge on any atom is 0.295 e. The van der Waals surface area contributed by atoms with E-state index in [-0.39, 0.29) is 17.2 Å². The second-order valence-electron chi connectivity index (χ2n) is 5.81. The SMILES string of the molecule is Cc1c(NC(=O)/C=C/c2cccc(Br)c2)c(=O)n(-c2ccccc2)n1C. The van der Waals surface area contributed by atoms with Gasteiger partial charge in [0.15, 0.2) is 0 Å². The van der Waals surface area contributed by atoms with Gasteiger partial charge in [0.25, 0.3) is 5.56 Å². The fourth-order valence-electron chi connectivity index (χ4n) is 2.66. The number of nitrogens with zero attached hydrogens (tertiary/aromatic N) is 2. The van der Waals surface area contributed by atoms with Crippen molar-refractivity contribution < 1.29 is 4.79 Å². The minimum absolute atomic E-state index is 0.264. The van der Waals surface area contributed by atoms with Crippen LogP contribution in [-0.4, -0.2) is 15.3 Å². The normalized spacial score (nSPS) is 11.0. The number of amides is 1. The highest BCUT2D eigenvalue weighted by molar-refractivity contribution is 9.10. The molecule has 3 rings (SSSR count). The first-order valence-electron chi connectivity index (χ1n) is 8.06. The first-order chi connectivity index (χ1) is 12.5. The number of halogens is 1. The van der Waals surface area contributed by atoms with Gasteiger partial charge < -0.3 is 5.32 Å². The summed E-state index contributed by atoms with van der Waals surface area (Å²) in [5.41, 5.74) is 2.33. The summed E-state index contributed by atoms with van der Waals surface area (Å²) in [7, 11) is 1.79. The van der Waals surface area contributed by atoms with Crippen LogP contribution >= 0.6 is 15.9 Å². The van der Waals surface area contributed by atoms with Gasteiger partial charge in [0, 0.05) is 17.6 Å². The average molecular weight is 412 g/mol. The number of rotatable bonds is 4. The van der Waals surface area contributed by atoms with Crippen molar-refractivity contribution in [3.05, 3.63) is 86.8 Å². The first-order valence-corrected chi connectivity index (χ1v) is 8.85. The summed E-state index contributed by atoms with van der Waals surface area (Å²) in [6.07, 6.45) is 3.12. The van der Waals surface area contributed by atoms with E-state index < -0.39 is 0 Å². The second kappa shape index (κ2) is 7.58. The van der Waals surface area contributed by atoms with Gasteiger partial charge in [0.2, 0.25) is 5.91 Å². The molecular formula is C20H18BrN3O2. The molecule has 0 unspecified atom stereocenters. The van der Waals surface area contributed by atoms with Crippen LogP contribution in [-0.2, 0) is 11.8 Å². The number of para-hydroxylation sites is 1. The summed E-state index contributed by atoms with van der Waals surface area (Å²) in [5, 5.41) is 2.70. The Hall–Kier alpha value is -2.86. The Labute approximate surface area is 159 Å². The van der Waals surface area contributed by atoms with E-state index in [0.717, 1.165) is 15.7 Å². The van der Waals surface area contributed by atoms with Gasteiger partial charge in [-0.3, -0.25) is 14.3 Å². The highest BCUT2D eigenvalue weighted by atomic mass is 79.9. The lowest BCUT2D eigenvalue weighted by Gasteiger charge is -2.07. The zero-order valence-corrected chi connectivity index (χ0v) is 16.0. The van der Waals surface area contributed by atoms with Gasteiger partial charge in [0.1, 0.15) is 5.69 Å². The fraction of sp³-hybridized carbons (Fsp3) is 0.100. The molecule has 0 aliphatic rings. The highest BCUT2D eigenvalue weighted by Gasteiger charge is 2.17. The maximum absolute atomic E-state index is 12.8. The van der Waals surface area contributed by atoms with Crippen LogP contribution in [0, 0.1) is 6.92 Å². The number of nitrogens with one attached hydrogen (secondary N) is 1. The molecule has 0 aliphatic carbocycles. The van der Waals surface area contributed by atoms with E-state index >= 15 is 0 Å². The molecule has 0 saturated carbocycles.